The Morgan fingerprint density at radius 1 is 1.53 bits per heavy atom. The highest BCUT2D eigenvalue weighted by Gasteiger charge is 2.11. The maximum Gasteiger partial charge on any atom is 0.338 e. The van der Waals surface area contributed by atoms with Crippen molar-refractivity contribution in [3.05, 3.63) is 28.2 Å². The van der Waals surface area contributed by atoms with Crippen molar-refractivity contribution in [1.29, 1.82) is 0 Å². The van der Waals surface area contributed by atoms with Crippen molar-refractivity contribution in [2.45, 2.75) is 11.8 Å². The number of esters is 1. The van der Waals surface area contributed by atoms with Gasteiger partial charge in [-0.1, -0.05) is 15.9 Å². The maximum absolute atomic E-state index is 11.3. The maximum atomic E-state index is 11.3. The Bertz CT molecular complexity index is 405. The summed E-state index contributed by atoms with van der Waals surface area (Å²) in [6.45, 7) is 1.96. The summed E-state index contributed by atoms with van der Waals surface area (Å²) in [5, 5.41) is 0. The second-order valence-electron chi connectivity index (χ2n) is 2.65. The first kappa shape index (κ1) is 12.4. The number of ether oxygens (including phenoxy) is 1. The zero-order chi connectivity index (χ0) is 11.4. The molecule has 0 fully saturated rings. The van der Waals surface area contributed by atoms with Crippen LogP contribution in [-0.2, 0) is 15.8 Å². The minimum absolute atomic E-state index is 0.160. The molecule has 1 atom stereocenters. The summed E-state index contributed by atoms with van der Waals surface area (Å²) in [5.41, 5.74) is 0.253. The molecule has 0 aliphatic carbocycles. The van der Waals surface area contributed by atoms with E-state index in [1.165, 1.54) is 18.2 Å². The van der Waals surface area contributed by atoms with Crippen molar-refractivity contribution in [1.82, 2.24) is 0 Å². The Hall–Kier alpha value is -0.720. The van der Waals surface area contributed by atoms with Gasteiger partial charge in [-0.3, -0.25) is 0 Å². The first-order valence-corrected chi connectivity index (χ1v) is 6.03. The van der Waals surface area contributed by atoms with Crippen LogP contribution in [0.2, 0.25) is 0 Å². The van der Waals surface area contributed by atoms with Gasteiger partial charge in [-0.2, -0.15) is 0 Å². The molecule has 0 bridgehead atoms. The van der Waals surface area contributed by atoms with E-state index in [2.05, 4.69) is 15.9 Å². The minimum atomic E-state index is -2.11. The van der Waals surface area contributed by atoms with E-state index in [4.69, 9.17) is 9.29 Å². The van der Waals surface area contributed by atoms with Crippen LogP contribution >= 0.6 is 15.9 Å². The van der Waals surface area contributed by atoms with Crippen LogP contribution < -0.4 is 0 Å². The van der Waals surface area contributed by atoms with E-state index in [9.17, 15) is 9.00 Å². The molecule has 0 spiro atoms. The number of carbonyl (C=O) groups is 1. The molecule has 1 aromatic rings. The number of rotatable bonds is 3. The average molecular weight is 293 g/mol. The molecule has 82 valence electrons. The Kier molecular flexibility index (Phi) is 4.44. The van der Waals surface area contributed by atoms with E-state index in [1.54, 1.807) is 6.92 Å². The summed E-state index contributed by atoms with van der Waals surface area (Å²) in [5.74, 6) is -0.509. The molecule has 0 saturated carbocycles. The molecule has 0 aliphatic rings. The Morgan fingerprint density at radius 2 is 2.20 bits per heavy atom. The third-order valence-electron chi connectivity index (χ3n) is 1.58. The number of hydrogen-bond donors (Lipinski definition) is 1. The zero-order valence-electron chi connectivity index (χ0n) is 7.90. The summed E-state index contributed by atoms with van der Waals surface area (Å²) < 4.78 is 25.0. The summed E-state index contributed by atoms with van der Waals surface area (Å²) in [6, 6.07) is 4.34. The van der Waals surface area contributed by atoms with Gasteiger partial charge in [-0.05, 0) is 25.1 Å². The highest BCUT2D eigenvalue weighted by Crippen LogP contribution is 2.18. The quantitative estimate of drug-likeness (QED) is 0.685. The van der Waals surface area contributed by atoms with Gasteiger partial charge in [0.15, 0.2) is 11.1 Å². The van der Waals surface area contributed by atoms with Crippen LogP contribution in [0.3, 0.4) is 0 Å². The number of halogens is 1. The average Bonchev–Trinajstić information content (AvgIpc) is 2.17. The van der Waals surface area contributed by atoms with E-state index in [-0.39, 0.29) is 17.1 Å². The fourth-order valence-electron chi connectivity index (χ4n) is 0.996. The smallest absolute Gasteiger partial charge is 0.338 e. The lowest BCUT2D eigenvalue weighted by molar-refractivity contribution is 0.0526. The van der Waals surface area contributed by atoms with E-state index in [0.29, 0.717) is 4.47 Å². The predicted octanol–water partition coefficient (Wildman–Crippen LogP) is 2.21. The second-order valence-corrected chi connectivity index (χ2v) is 4.53. The Labute approximate surface area is 98.0 Å². The number of carbonyl (C=O) groups excluding carboxylic acids is 1. The van der Waals surface area contributed by atoms with Crippen molar-refractivity contribution in [3.8, 4) is 0 Å². The highest BCUT2D eigenvalue weighted by molar-refractivity contribution is 9.10. The highest BCUT2D eigenvalue weighted by atomic mass is 79.9. The molecule has 6 heteroatoms. The van der Waals surface area contributed by atoms with E-state index < -0.39 is 17.0 Å². The van der Waals surface area contributed by atoms with Crippen LogP contribution in [0, 0.1) is 0 Å². The van der Waals surface area contributed by atoms with E-state index in [0.717, 1.165) is 0 Å². The van der Waals surface area contributed by atoms with Gasteiger partial charge in [-0.25, -0.2) is 9.00 Å². The van der Waals surface area contributed by atoms with Crippen LogP contribution in [0.15, 0.2) is 27.6 Å². The lowest BCUT2D eigenvalue weighted by atomic mass is 10.2. The van der Waals surface area contributed by atoms with Crippen molar-refractivity contribution in [2.24, 2.45) is 0 Å². The van der Waals surface area contributed by atoms with Gasteiger partial charge < -0.3 is 9.29 Å². The molecular formula is C9H9BrO4S. The molecule has 0 radical (unpaired) electrons. The molecule has 0 aromatic heterocycles. The SMILES string of the molecule is CCOC(=O)c1cc(Br)cc(S(=O)O)c1. The summed E-state index contributed by atoms with van der Waals surface area (Å²) >= 11 is 1.04. The molecule has 1 unspecified atom stereocenters. The van der Waals surface area contributed by atoms with E-state index in [1.807, 2.05) is 0 Å². The van der Waals surface area contributed by atoms with Crippen LogP contribution in [0.25, 0.3) is 0 Å². The van der Waals surface area contributed by atoms with Gasteiger partial charge in [0.2, 0.25) is 0 Å². The third-order valence-corrected chi connectivity index (χ3v) is 2.68. The van der Waals surface area contributed by atoms with E-state index >= 15 is 0 Å². The van der Waals surface area contributed by atoms with Crippen LogP contribution in [0.4, 0.5) is 0 Å². The normalized spacial score (nSPS) is 12.2. The molecule has 1 rings (SSSR count). The lowest BCUT2D eigenvalue weighted by Gasteiger charge is -2.03. The Morgan fingerprint density at radius 3 is 2.73 bits per heavy atom. The van der Waals surface area contributed by atoms with Crippen molar-refractivity contribution in [3.63, 3.8) is 0 Å². The van der Waals surface area contributed by atoms with Crippen molar-refractivity contribution in [2.75, 3.05) is 6.61 Å². The molecule has 15 heavy (non-hydrogen) atoms. The van der Waals surface area contributed by atoms with Gasteiger partial charge in [0.1, 0.15) is 0 Å². The monoisotopic (exact) mass is 292 g/mol. The first-order valence-electron chi connectivity index (χ1n) is 4.13. The van der Waals surface area contributed by atoms with Gasteiger partial charge in [0.05, 0.1) is 17.1 Å². The lowest BCUT2D eigenvalue weighted by Crippen LogP contribution is -2.05. The van der Waals surface area contributed by atoms with Gasteiger partial charge in [0.25, 0.3) is 0 Å². The topological polar surface area (TPSA) is 63.6 Å². The fourth-order valence-corrected chi connectivity index (χ4v) is 2.10. The molecule has 1 N–H and O–H groups in total. The molecule has 0 amide bonds. The third kappa shape index (κ3) is 3.40. The van der Waals surface area contributed by atoms with Crippen molar-refractivity contribution < 1.29 is 18.3 Å². The summed E-state index contributed by atoms with van der Waals surface area (Å²) in [4.78, 5) is 11.5. The predicted molar refractivity (Wildman–Crippen MR) is 59.1 cm³/mol. The summed E-state index contributed by atoms with van der Waals surface area (Å²) in [7, 11) is 0. The molecule has 0 heterocycles. The minimum Gasteiger partial charge on any atom is -0.462 e. The standard InChI is InChI=1S/C9H9BrO4S/c1-2-14-9(11)6-3-7(10)5-8(4-6)15(12)13/h3-5H,2H2,1H3,(H,12,13). The van der Waals surface area contributed by atoms with Gasteiger partial charge in [-0.15, -0.1) is 0 Å². The van der Waals surface area contributed by atoms with Crippen LogP contribution in [0.5, 0.6) is 0 Å². The molecule has 0 saturated heterocycles. The van der Waals surface area contributed by atoms with Crippen LogP contribution in [0.1, 0.15) is 17.3 Å². The van der Waals surface area contributed by atoms with Gasteiger partial charge in [0, 0.05) is 4.47 Å². The first-order chi connectivity index (χ1) is 7.04. The number of hydrogen-bond acceptors (Lipinski definition) is 3. The molecule has 0 aliphatic heterocycles. The second kappa shape index (κ2) is 5.39. The zero-order valence-corrected chi connectivity index (χ0v) is 10.3. The summed E-state index contributed by atoms with van der Waals surface area (Å²) in [6.07, 6.45) is 0. The Balaban J connectivity index is 3.09. The van der Waals surface area contributed by atoms with Crippen LogP contribution in [-0.4, -0.2) is 21.3 Å². The molecule has 4 nitrogen and oxygen atoms in total. The van der Waals surface area contributed by atoms with Gasteiger partial charge >= 0.3 is 5.97 Å². The molecule has 1 aromatic carbocycles. The number of benzene rings is 1. The molecular weight excluding hydrogens is 284 g/mol. The largest absolute Gasteiger partial charge is 0.462 e. The van der Waals surface area contributed by atoms with Crippen molar-refractivity contribution >= 4 is 33.0 Å². The fraction of sp³-hybridized carbons (Fsp3) is 0.222.